The number of carbonyl (C=O) groups is 2. The molecule has 0 aromatic carbocycles. The van der Waals surface area contributed by atoms with E-state index in [9.17, 15) is 9.59 Å². The minimum absolute atomic E-state index is 0.0693. The summed E-state index contributed by atoms with van der Waals surface area (Å²) in [6.07, 6.45) is 4.47. The highest BCUT2D eigenvalue weighted by Gasteiger charge is 2.37. The maximum absolute atomic E-state index is 13.1. The molecule has 0 radical (unpaired) electrons. The number of amides is 2. The molecule has 1 aliphatic rings. The van der Waals surface area contributed by atoms with Crippen molar-refractivity contribution in [2.24, 2.45) is 5.92 Å². The summed E-state index contributed by atoms with van der Waals surface area (Å²) in [5.74, 6) is 0.519. The summed E-state index contributed by atoms with van der Waals surface area (Å²) < 4.78 is 4.66. The third-order valence-corrected chi connectivity index (χ3v) is 5.10. The van der Waals surface area contributed by atoms with E-state index in [4.69, 9.17) is 11.6 Å². The van der Waals surface area contributed by atoms with Crippen LogP contribution < -0.4 is 5.32 Å². The van der Waals surface area contributed by atoms with Crippen LogP contribution in [0.15, 0.2) is 24.5 Å². The highest BCUT2D eigenvalue weighted by atomic mass is 35.5. The number of carbonyl (C=O) groups excluding carboxylic acids is 2. The highest BCUT2D eigenvalue weighted by Crippen LogP contribution is 2.32. The fourth-order valence-corrected chi connectivity index (χ4v) is 3.49. The standard InChI is InChI=1S/C19H24ClN5O3/c1-11(2)16(24-19(27)28-3)18(26)25-8-4-5-14(25)17-22-10-13(23-17)12-6-7-15(20)21-9-12/h6-7,9-11,14,16H,4-5,8H2,1-3H3,(H,22,23)(H,24,27)/t14-,16-/m0/s1. The molecule has 2 aromatic rings. The molecule has 1 fully saturated rings. The Morgan fingerprint density at radius 1 is 1.32 bits per heavy atom. The van der Waals surface area contributed by atoms with Crippen molar-refractivity contribution in [3.05, 3.63) is 35.5 Å². The molecule has 0 unspecified atom stereocenters. The number of H-pyrrole nitrogens is 1. The van der Waals surface area contributed by atoms with Crippen LogP contribution in [0.3, 0.4) is 0 Å². The molecular formula is C19H24ClN5O3. The monoisotopic (exact) mass is 405 g/mol. The predicted molar refractivity (Wildman–Crippen MR) is 105 cm³/mol. The van der Waals surface area contributed by atoms with Crippen molar-refractivity contribution in [2.45, 2.75) is 38.8 Å². The second kappa shape index (κ2) is 8.60. The number of pyridine rings is 1. The van der Waals surface area contributed by atoms with Crippen LogP contribution in [-0.4, -0.2) is 51.5 Å². The number of hydrogen-bond acceptors (Lipinski definition) is 5. The predicted octanol–water partition coefficient (Wildman–Crippen LogP) is 3.17. The van der Waals surface area contributed by atoms with Gasteiger partial charge in [0.1, 0.15) is 17.0 Å². The van der Waals surface area contributed by atoms with E-state index in [2.05, 4.69) is 25.0 Å². The first kappa shape index (κ1) is 20.1. The Balaban J connectivity index is 1.79. The SMILES string of the molecule is COC(=O)N[C@H](C(=O)N1CCC[C@H]1c1ncc(-c2ccc(Cl)nc2)[nH]1)C(C)C. The average Bonchev–Trinajstić information content (AvgIpc) is 3.34. The van der Waals surface area contributed by atoms with Crippen LogP contribution in [0.25, 0.3) is 11.3 Å². The summed E-state index contributed by atoms with van der Waals surface area (Å²) in [5.41, 5.74) is 1.68. The summed E-state index contributed by atoms with van der Waals surface area (Å²) in [6.45, 7) is 4.40. The Hall–Kier alpha value is -2.61. The van der Waals surface area contributed by atoms with Gasteiger partial charge in [0, 0.05) is 18.3 Å². The smallest absolute Gasteiger partial charge is 0.407 e. The Morgan fingerprint density at radius 2 is 2.11 bits per heavy atom. The van der Waals surface area contributed by atoms with E-state index in [1.54, 1.807) is 23.4 Å². The van der Waals surface area contributed by atoms with Crippen LogP contribution in [-0.2, 0) is 9.53 Å². The van der Waals surface area contributed by atoms with Crippen LogP contribution in [0.5, 0.6) is 0 Å². The van der Waals surface area contributed by atoms with Gasteiger partial charge < -0.3 is 19.9 Å². The van der Waals surface area contributed by atoms with E-state index in [-0.39, 0.29) is 17.9 Å². The molecule has 8 nitrogen and oxygen atoms in total. The second-order valence-corrected chi connectivity index (χ2v) is 7.49. The number of hydrogen-bond donors (Lipinski definition) is 2. The second-order valence-electron chi connectivity index (χ2n) is 7.10. The number of alkyl carbamates (subject to hydrolysis) is 1. The summed E-state index contributed by atoms with van der Waals surface area (Å²) >= 11 is 5.84. The molecule has 0 saturated carbocycles. The van der Waals surface area contributed by atoms with E-state index in [0.717, 1.165) is 29.9 Å². The van der Waals surface area contributed by atoms with Gasteiger partial charge in [-0.3, -0.25) is 4.79 Å². The quantitative estimate of drug-likeness (QED) is 0.744. The van der Waals surface area contributed by atoms with Gasteiger partial charge in [-0.15, -0.1) is 0 Å². The molecule has 2 amide bonds. The van der Waals surface area contributed by atoms with Crippen LogP contribution in [0.1, 0.15) is 38.6 Å². The zero-order valence-corrected chi connectivity index (χ0v) is 16.9. The summed E-state index contributed by atoms with van der Waals surface area (Å²) in [4.78, 5) is 38.4. The molecule has 28 heavy (non-hydrogen) atoms. The van der Waals surface area contributed by atoms with Gasteiger partial charge in [0.05, 0.1) is 25.0 Å². The lowest BCUT2D eigenvalue weighted by molar-refractivity contribution is -0.135. The van der Waals surface area contributed by atoms with Gasteiger partial charge in [-0.25, -0.2) is 14.8 Å². The molecule has 2 aromatic heterocycles. The lowest BCUT2D eigenvalue weighted by atomic mass is 10.0. The van der Waals surface area contributed by atoms with Gasteiger partial charge in [0.2, 0.25) is 5.91 Å². The van der Waals surface area contributed by atoms with Crippen molar-refractivity contribution in [3.63, 3.8) is 0 Å². The van der Waals surface area contributed by atoms with Crippen molar-refractivity contribution in [1.82, 2.24) is 25.2 Å². The molecular weight excluding hydrogens is 382 g/mol. The molecule has 1 aliphatic heterocycles. The lowest BCUT2D eigenvalue weighted by Crippen LogP contribution is -2.51. The van der Waals surface area contributed by atoms with Gasteiger partial charge in [0.15, 0.2) is 0 Å². The zero-order valence-electron chi connectivity index (χ0n) is 16.1. The number of aromatic amines is 1. The third-order valence-electron chi connectivity index (χ3n) is 4.88. The first-order chi connectivity index (χ1) is 13.4. The van der Waals surface area contributed by atoms with Gasteiger partial charge in [0.25, 0.3) is 0 Å². The highest BCUT2D eigenvalue weighted by molar-refractivity contribution is 6.29. The largest absolute Gasteiger partial charge is 0.453 e. The lowest BCUT2D eigenvalue weighted by Gasteiger charge is -2.30. The number of halogens is 1. The average molecular weight is 406 g/mol. The number of likely N-dealkylation sites (tertiary alicyclic amines) is 1. The van der Waals surface area contributed by atoms with E-state index in [1.807, 2.05) is 19.9 Å². The van der Waals surface area contributed by atoms with Crippen LogP contribution in [0.2, 0.25) is 5.15 Å². The number of methoxy groups -OCH3 is 1. The van der Waals surface area contributed by atoms with Gasteiger partial charge >= 0.3 is 6.09 Å². The molecule has 3 heterocycles. The molecule has 3 rings (SSSR count). The minimum atomic E-state index is -0.650. The Kier molecular flexibility index (Phi) is 6.18. The first-order valence-corrected chi connectivity index (χ1v) is 9.60. The zero-order chi connectivity index (χ0) is 20.3. The molecule has 1 saturated heterocycles. The molecule has 0 bridgehead atoms. The van der Waals surface area contributed by atoms with E-state index < -0.39 is 12.1 Å². The Labute approximate surface area is 168 Å². The molecule has 2 atom stereocenters. The molecule has 150 valence electrons. The number of ether oxygens (including phenoxy) is 1. The van der Waals surface area contributed by atoms with Crippen LogP contribution in [0.4, 0.5) is 4.79 Å². The number of imidazole rings is 1. The van der Waals surface area contributed by atoms with Crippen molar-refractivity contribution < 1.29 is 14.3 Å². The molecule has 2 N–H and O–H groups in total. The van der Waals surface area contributed by atoms with E-state index in [1.165, 1.54) is 7.11 Å². The summed E-state index contributed by atoms with van der Waals surface area (Å²) in [6, 6.07) is 2.76. The van der Waals surface area contributed by atoms with Crippen molar-refractivity contribution in [2.75, 3.05) is 13.7 Å². The van der Waals surface area contributed by atoms with Gasteiger partial charge in [-0.2, -0.15) is 0 Å². The summed E-state index contributed by atoms with van der Waals surface area (Å²) in [5, 5.41) is 3.07. The normalized spacial score (nSPS) is 17.6. The van der Waals surface area contributed by atoms with Crippen molar-refractivity contribution in [3.8, 4) is 11.3 Å². The number of nitrogens with zero attached hydrogens (tertiary/aromatic N) is 3. The number of aromatic nitrogens is 3. The maximum Gasteiger partial charge on any atom is 0.407 e. The molecule has 0 aliphatic carbocycles. The Morgan fingerprint density at radius 3 is 2.75 bits per heavy atom. The fraction of sp³-hybridized carbons (Fsp3) is 0.474. The fourth-order valence-electron chi connectivity index (χ4n) is 3.38. The van der Waals surface area contributed by atoms with Gasteiger partial charge in [-0.1, -0.05) is 25.4 Å². The van der Waals surface area contributed by atoms with E-state index in [0.29, 0.717) is 11.7 Å². The van der Waals surface area contributed by atoms with Gasteiger partial charge in [-0.05, 0) is 30.9 Å². The van der Waals surface area contributed by atoms with E-state index >= 15 is 0 Å². The first-order valence-electron chi connectivity index (χ1n) is 9.22. The molecule has 0 spiro atoms. The molecule has 9 heteroatoms. The summed E-state index contributed by atoms with van der Waals surface area (Å²) in [7, 11) is 1.28. The Bertz CT molecular complexity index is 836. The van der Waals surface area contributed by atoms with Crippen molar-refractivity contribution >= 4 is 23.6 Å². The van der Waals surface area contributed by atoms with Crippen LogP contribution in [0, 0.1) is 5.92 Å². The maximum atomic E-state index is 13.1. The topological polar surface area (TPSA) is 100 Å². The number of rotatable bonds is 5. The van der Waals surface area contributed by atoms with Crippen LogP contribution >= 0.6 is 11.6 Å². The minimum Gasteiger partial charge on any atom is -0.453 e. The van der Waals surface area contributed by atoms with Crippen molar-refractivity contribution in [1.29, 1.82) is 0 Å². The third kappa shape index (κ3) is 4.27. The number of nitrogens with one attached hydrogen (secondary N) is 2.